The second-order valence-corrected chi connectivity index (χ2v) is 5.62. The van der Waals surface area contributed by atoms with Crippen LogP contribution in [0.25, 0.3) is 11.3 Å². The molecule has 2 aromatic carbocycles. The van der Waals surface area contributed by atoms with Gasteiger partial charge >= 0.3 is 0 Å². The van der Waals surface area contributed by atoms with E-state index in [2.05, 4.69) is 14.9 Å². The zero-order valence-corrected chi connectivity index (χ0v) is 13.6. The quantitative estimate of drug-likeness (QED) is 0.761. The standard InChI is InChI=1S/C17H14FN3O2S/c1-2-23-14-9-7-13(8-10-14)19-17(22)16-15(20-21-24-16)11-3-5-12(18)6-4-11/h3-10H,2H2,1H3,(H,19,22). The summed E-state index contributed by atoms with van der Waals surface area (Å²) in [5, 5.41) is 6.78. The lowest BCUT2D eigenvalue weighted by Gasteiger charge is -2.07. The van der Waals surface area contributed by atoms with E-state index in [-0.39, 0.29) is 11.7 Å². The van der Waals surface area contributed by atoms with Gasteiger partial charge in [-0.3, -0.25) is 4.79 Å². The summed E-state index contributed by atoms with van der Waals surface area (Å²) in [6, 6.07) is 12.9. The minimum absolute atomic E-state index is 0.312. The summed E-state index contributed by atoms with van der Waals surface area (Å²) in [6.45, 7) is 2.49. The monoisotopic (exact) mass is 343 g/mol. The largest absolute Gasteiger partial charge is 0.494 e. The third kappa shape index (κ3) is 3.57. The zero-order valence-electron chi connectivity index (χ0n) is 12.8. The van der Waals surface area contributed by atoms with Gasteiger partial charge in [0.2, 0.25) is 0 Å². The second-order valence-electron chi connectivity index (χ2n) is 4.87. The molecule has 1 amide bonds. The van der Waals surface area contributed by atoms with E-state index in [0.29, 0.717) is 28.4 Å². The lowest BCUT2D eigenvalue weighted by Crippen LogP contribution is -2.11. The maximum atomic E-state index is 13.0. The normalized spacial score (nSPS) is 10.4. The SMILES string of the molecule is CCOc1ccc(NC(=O)c2snnc2-c2ccc(F)cc2)cc1. The molecule has 1 aromatic heterocycles. The highest BCUT2D eigenvalue weighted by molar-refractivity contribution is 7.08. The van der Waals surface area contributed by atoms with Gasteiger partial charge in [0.05, 0.1) is 6.61 Å². The molecular weight excluding hydrogens is 329 g/mol. The van der Waals surface area contributed by atoms with Crippen molar-refractivity contribution in [1.29, 1.82) is 0 Å². The molecule has 3 rings (SSSR count). The van der Waals surface area contributed by atoms with E-state index < -0.39 is 0 Å². The van der Waals surface area contributed by atoms with E-state index >= 15 is 0 Å². The first-order valence-corrected chi connectivity index (χ1v) is 8.07. The number of hydrogen-bond acceptors (Lipinski definition) is 5. The fourth-order valence-electron chi connectivity index (χ4n) is 2.13. The Kier molecular flexibility index (Phi) is 4.81. The van der Waals surface area contributed by atoms with Crippen LogP contribution in [0.3, 0.4) is 0 Å². The highest BCUT2D eigenvalue weighted by atomic mass is 32.1. The van der Waals surface area contributed by atoms with Crippen molar-refractivity contribution in [1.82, 2.24) is 9.59 Å². The first-order valence-electron chi connectivity index (χ1n) is 7.30. The number of carbonyl (C=O) groups excluding carboxylic acids is 1. The molecule has 0 bridgehead atoms. The van der Waals surface area contributed by atoms with Crippen molar-refractivity contribution >= 4 is 23.1 Å². The van der Waals surface area contributed by atoms with Gasteiger partial charge in [-0.1, -0.05) is 4.49 Å². The Labute approximate surface area is 142 Å². The summed E-state index contributed by atoms with van der Waals surface area (Å²) >= 11 is 0.996. The summed E-state index contributed by atoms with van der Waals surface area (Å²) in [5.74, 6) is 0.0813. The molecule has 0 aliphatic heterocycles. The smallest absolute Gasteiger partial charge is 0.269 e. The second kappa shape index (κ2) is 7.18. The Morgan fingerprint density at radius 1 is 1.17 bits per heavy atom. The molecule has 0 fully saturated rings. The van der Waals surface area contributed by atoms with Crippen LogP contribution >= 0.6 is 11.5 Å². The molecule has 1 N–H and O–H groups in total. The van der Waals surface area contributed by atoms with E-state index in [9.17, 15) is 9.18 Å². The molecule has 0 saturated carbocycles. The van der Waals surface area contributed by atoms with Crippen LogP contribution in [0, 0.1) is 5.82 Å². The number of anilines is 1. The van der Waals surface area contributed by atoms with Gasteiger partial charge < -0.3 is 10.1 Å². The number of ether oxygens (including phenoxy) is 1. The predicted molar refractivity (Wildman–Crippen MR) is 90.9 cm³/mol. The average molecular weight is 343 g/mol. The molecule has 3 aromatic rings. The molecule has 0 unspecified atom stereocenters. The number of amides is 1. The summed E-state index contributed by atoms with van der Waals surface area (Å²) in [6.07, 6.45) is 0. The number of aromatic nitrogens is 2. The number of rotatable bonds is 5. The summed E-state index contributed by atoms with van der Waals surface area (Å²) < 4.78 is 22.2. The fraction of sp³-hybridized carbons (Fsp3) is 0.118. The molecule has 24 heavy (non-hydrogen) atoms. The lowest BCUT2D eigenvalue weighted by molar-refractivity contribution is 0.103. The van der Waals surface area contributed by atoms with Crippen molar-refractivity contribution in [2.24, 2.45) is 0 Å². The topological polar surface area (TPSA) is 64.1 Å². The highest BCUT2D eigenvalue weighted by Gasteiger charge is 2.18. The van der Waals surface area contributed by atoms with Crippen LogP contribution < -0.4 is 10.1 Å². The van der Waals surface area contributed by atoms with Crippen LogP contribution in [0.4, 0.5) is 10.1 Å². The number of benzene rings is 2. The number of nitrogens with one attached hydrogen (secondary N) is 1. The molecule has 0 atom stereocenters. The predicted octanol–water partition coefficient (Wildman–Crippen LogP) is 4.00. The van der Waals surface area contributed by atoms with Crippen molar-refractivity contribution in [2.75, 3.05) is 11.9 Å². The molecule has 7 heteroatoms. The van der Waals surface area contributed by atoms with Crippen molar-refractivity contribution in [3.8, 4) is 17.0 Å². The van der Waals surface area contributed by atoms with Crippen molar-refractivity contribution in [2.45, 2.75) is 6.92 Å². The van der Waals surface area contributed by atoms with E-state index in [0.717, 1.165) is 17.3 Å². The minimum Gasteiger partial charge on any atom is -0.494 e. The lowest BCUT2D eigenvalue weighted by atomic mass is 10.1. The van der Waals surface area contributed by atoms with Crippen LogP contribution in [0.1, 0.15) is 16.6 Å². The average Bonchev–Trinajstić information content (AvgIpc) is 3.07. The van der Waals surface area contributed by atoms with Crippen molar-refractivity contribution in [3.63, 3.8) is 0 Å². The molecule has 0 aliphatic rings. The van der Waals surface area contributed by atoms with E-state index in [4.69, 9.17) is 4.74 Å². The molecule has 0 spiro atoms. The molecule has 1 heterocycles. The Morgan fingerprint density at radius 3 is 2.54 bits per heavy atom. The molecular formula is C17H14FN3O2S. The molecule has 0 radical (unpaired) electrons. The van der Waals surface area contributed by atoms with Gasteiger partial charge in [-0.2, -0.15) is 0 Å². The van der Waals surface area contributed by atoms with Crippen LogP contribution in [-0.4, -0.2) is 22.1 Å². The summed E-state index contributed by atoms with van der Waals surface area (Å²) in [5.41, 5.74) is 1.72. The number of halogens is 1. The van der Waals surface area contributed by atoms with Gasteiger partial charge in [0.1, 0.15) is 22.1 Å². The Bertz CT molecular complexity index is 832. The molecule has 0 aliphatic carbocycles. The van der Waals surface area contributed by atoms with Crippen LogP contribution in [0.2, 0.25) is 0 Å². The van der Waals surface area contributed by atoms with Gasteiger partial charge in [-0.05, 0) is 67.0 Å². The third-order valence-corrected chi connectivity index (χ3v) is 3.96. The Morgan fingerprint density at radius 2 is 1.88 bits per heavy atom. The van der Waals surface area contributed by atoms with E-state index in [1.807, 2.05) is 6.92 Å². The Balaban J connectivity index is 1.78. The van der Waals surface area contributed by atoms with Crippen LogP contribution in [0.15, 0.2) is 48.5 Å². The van der Waals surface area contributed by atoms with Gasteiger partial charge in [0.25, 0.3) is 5.91 Å². The Hall–Kier alpha value is -2.80. The van der Waals surface area contributed by atoms with Crippen LogP contribution in [-0.2, 0) is 0 Å². The maximum absolute atomic E-state index is 13.0. The molecule has 122 valence electrons. The van der Waals surface area contributed by atoms with Gasteiger partial charge in [-0.15, -0.1) is 5.10 Å². The van der Waals surface area contributed by atoms with Crippen molar-refractivity contribution in [3.05, 3.63) is 59.2 Å². The summed E-state index contributed by atoms with van der Waals surface area (Å²) in [7, 11) is 0. The molecule has 5 nitrogen and oxygen atoms in total. The number of carbonyl (C=O) groups is 1. The van der Waals surface area contributed by atoms with Crippen molar-refractivity contribution < 1.29 is 13.9 Å². The summed E-state index contributed by atoms with van der Waals surface area (Å²) in [4.78, 5) is 12.8. The van der Waals surface area contributed by atoms with E-state index in [1.165, 1.54) is 12.1 Å². The van der Waals surface area contributed by atoms with Crippen LogP contribution in [0.5, 0.6) is 5.75 Å². The van der Waals surface area contributed by atoms with Gasteiger partial charge in [0, 0.05) is 11.3 Å². The first kappa shape index (κ1) is 16.1. The molecule has 0 saturated heterocycles. The minimum atomic E-state index is -0.345. The first-order chi connectivity index (χ1) is 11.7. The zero-order chi connectivity index (χ0) is 16.9. The third-order valence-electron chi connectivity index (χ3n) is 3.24. The fourth-order valence-corrected chi connectivity index (χ4v) is 2.71. The highest BCUT2D eigenvalue weighted by Crippen LogP contribution is 2.25. The van der Waals surface area contributed by atoms with E-state index in [1.54, 1.807) is 36.4 Å². The van der Waals surface area contributed by atoms with Gasteiger partial charge in [-0.25, -0.2) is 4.39 Å². The maximum Gasteiger partial charge on any atom is 0.269 e. The number of nitrogens with zero attached hydrogens (tertiary/aromatic N) is 2. The number of hydrogen-bond donors (Lipinski definition) is 1. The van der Waals surface area contributed by atoms with Gasteiger partial charge in [0.15, 0.2) is 0 Å².